The molecule has 2 aromatic rings. The number of hydrogen-bond donors (Lipinski definition) is 1. The molecule has 1 atom stereocenters. The molecule has 0 fully saturated rings. The van der Waals surface area contributed by atoms with Gasteiger partial charge in [0, 0.05) is 25.1 Å². The fraction of sp³-hybridized carbons (Fsp3) is 0.375. The maximum atomic E-state index is 12.7. The fourth-order valence-electron chi connectivity index (χ4n) is 2.43. The van der Waals surface area contributed by atoms with E-state index < -0.39 is 0 Å². The highest BCUT2D eigenvalue weighted by atomic mass is 35.5. The van der Waals surface area contributed by atoms with E-state index in [1.165, 1.54) is 0 Å². The van der Waals surface area contributed by atoms with Crippen LogP contribution in [0, 0.1) is 5.92 Å². The van der Waals surface area contributed by atoms with Crippen molar-refractivity contribution in [2.75, 3.05) is 11.4 Å². The Kier molecular flexibility index (Phi) is 5.92. The Morgan fingerprint density at radius 1 is 1.54 bits per heavy atom. The Hall–Kier alpha value is -2.41. The number of amides is 1. The third-order valence-corrected chi connectivity index (χ3v) is 3.90. The first-order chi connectivity index (χ1) is 11.5. The Bertz CT molecular complexity index is 729. The van der Waals surface area contributed by atoms with Gasteiger partial charge in [-0.25, -0.2) is 4.68 Å². The molecule has 1 unspecified atom stereocenters. The van der Waals surface area contributed by atoms with Gasteiger partial charge in [0.1, 0.15) is 5.69 Å². The quantitative estimate of drug-likeness (QED) is 0.493. The number of rotatable bonds is 6. The van der Waals surface area contributed by atoms with E-state index in [1.54, 1.807) is 48.1 Å². The van der Waals surface area contributed by atoms with Crippen LogP contribution in [0.2, 0.25) is 5.15 Å². The maximum absolute atomic E-state index is 12.7. The molecule has 8 heteroatoms. The summed E-state index contributed by atoms with van der Waals surface area (Å²) < 4.78 is 1.59. The second kappa shape index (κ2) is 7.92. The number of nitrogens with zero attached hydrogens (tertiary/aromatic N) is 5. The molecule has 0 saturated carbocycles. The smallest absolute Gasteiger partial charge is 0.230 e. The normalized spacial score (nSPS) is 12.9. The number of oxime groups is 1. The first kappa shape index (κ1) is 17.9. The largest absolute Gasteiger partial charge is 0.411 e. The molecule has 0 spiro atoms. The highest BCUT2D eigenvalue weighted by Gasteiger charge is 2.25. The number of aromatic nitrogens is 3. The molecule has 2 rings (SSSR count). The Morgan fingerprint density at radius 3 is 2.88 bits per heavy atom. The first-order valence-electron chi connectivity index (χ1n) is 7.62. The molecular formula is C16H20ClN5O2. The van der Waals surface area contributed by atoms with Crippen molar-refractivity contribution in [2.24, 2.45) is 11.1 Å². The van der Waals surface area contributed by atoms with Gasteiger partial charge in [0.15, 0.2) is 5.15 Å². The molecule has 2 heterocycles. The van der Waals surface area contributed by atoms with E-state index in [0.29, 0.717) is 24.4 Å². The van der Waals surface area contributed by atoms with Gasteiger partial charge in [-0.05, 0) is 26.0 Å². The van der Waals surface area contributed by atoms with Gasteiger partial charge in [-0.1, -0.05) is 23.7 Å². The monoisotopic (exact) mass is 349 g/mol. The van der Waals surface area contributed by atoms with Gasteiger partial charge >= 0.3 is 0 Å². The second-order valence-electron chi connectivity index (χ2n) is 5.48. The van der Waals surface area contributed by atoms with E-state index in [1.807, 2.05) is 13.0 Å². The molecule has 1 amide bonds. The summed E-state index contributed by atoms with van der Waals surface area (Å²) in [5.41, 5.74) is 1.80. The summed E-state index contributed by atoms with van der Waals surface area (Å²) in [6.07, 6.45) is 5.42. The lowest BCUT2D eigenvalue weighted by molar-refractivity contribution is -0.121. The number of hydrogen-bond acceptors (Lipinski definition) is 5. The van der Waals surface area contributed by atoms with Crippen LogP contribution in [-0.4, -0.2) is 38.1 Å². The Morgan fingerprint density at radius 2 is 2.29 bits per heavy atom. The van der Waals surface area contributed by atoms with E-state index in [-0.39, 0.29) is 17.0 Å². The minimum Gasteiger partial charge on any atom is -0.411 e. The molecule has 2 aromatic heterocycles. The van der Waals surface area contributed by atoms with Gasteiger partial charge < -0.3 is 10.1 Å². The zero-order valence-electron chi connectivity index (χ0n) is 13.8. The lowest BCUT2D eigenvalue weighted by Gasteiger charge is -2.23. The van der Waals surface area contributed by atoms with Gasteiger partial charge in [-0.3, -0.25) is 9.78 Å². The number of anilines is 1. The minimum absolute atomic E-state index is 0.104. The van der Waals surface area contributed by atoms with Crippen molar-refractivity contribution in [3.63, 3.8) is 0 Å². The lowest BCUT2D eigenvalue weighted by atomic mass is 10.0. The number of halogens is 1. The molecule has 24 heavy (non-hydrogen) atoms. The molecule has 0 bridgehead atoms. The molecule has 0 radical (unpaired) electrons. The maximum Gasteiger partial charge on any atom is 0.230 e. The van der Waals surface area contributed by atoms with Gasteiger partial charge in [0.2, 0.25) is 5.91 Å². The van der Waals surface area contributed by atoms with Gasteiger partial charge in [0.25, 0.3) is 0 Å². The molecule has 0 aliphatic carbocycles. The average molecular weight is 350 g/mol. The first-order valence-corrected chi connectivity index (χ1v) is 8.00. The fourth-order valence-corrected chi connectivity index (χ4v) is 2.66. The highest BCUT2D eigenvalue weighted by molar-refractivity contribution is 6.32. The van der Waals surface area contributed by atoms with Crippen molar-refractivity contribution >= 4 is 28.9 Å². The predicted octanol–water partition coefficient (Wildman–Crippen LogP) is 3.15. The number of carbonyl (C=O) groups is 1. The molecule has 128 valence electrons. The molecular weight excluding hydrogens is 330 g/mol. The average Bonchev–Trinajstić information content (AvgIpc) is 2.97. The Labute approximate surface area is 145 Å². The van der Waals surface area contributed by atoms with Crippen LogP contribution in [0.3, 0.4) is 0 Å². The van der Waals surface area contributed by atoms with Gasteiger partial charge in [0.05, 0.1) is 23.8 Å². The summed E-state index contributed by atoms with van der Waals surface area (Å²) in [6, 6.07) is 3.65. The molecule has 0 aromatic carbocycles. The van der Waals surface area contributed by atoms with Crippen LogP contribution in [-0.2, 0) is 4.79 Å². The molecule has 0 aliphatic rings. The standard InChI is InChI=1S/C16H20ClN5O2/c1-4-21(16(23)11(2)8-12(3)20-24)14-10-22(19-15(14)17)13-6-5-7-18-9-13/h5-7,9-11,24H,4,8H2,1-3H3/b20-12+. The van der Waals surface area contributed by atoms with Crippen molar-refractivity contribution in [1.82, 2.24) is 14.8 Å². The van der Waals surface area contributed by atoms with Crippen molar-refractivity contribution in [3.8, 4) is 5.69 Å². The minimum atomic E-state index is -0.335. The van der Waals surface area contributed by atoms with Crippen molar-refractivity contribution in [1.29, 1.82) is 0 Å². The summed E-state index contributed by atoms with van der Waals surface area (Å²) in [6.45, 7) is 5.79. The van der Waals surface area contributed by atoms with Crippen molar-refractivity contribution < 1.29 is 10.0 Å². The summed E-state index contributed by atoms with van der Waals surface area (Å²) in [7, 11) is 0. The SMILES string of the molecule is CCN(C(=O)C(C)C/C(C)=N/O)c1cn(-c2cccnc2)nc1Cl. The van der Waals surface area contributed by atoms with Crippen LogP contribution in [0.1, 0.15) is 27.2 Å². The molecule has 0 aliphatic heterocycles. The van der Waals surface area contributed by atoms with E-state index in [4.69, 9.17) is 16.8 Å². The van der Waals surface area contributed by atoms with Crippen molar-refractivity contribution in [3.05, 3.63) is 35.9 Å². The predicted molar refractivity (Wildman–Crippen MR) is 93.1 cm³/mol. The lowest BCUT2D eigenvalue weighted by Crippen LogP contribution is -2.35. The van der Waals surface area contributed by atoms with Crippen LogP contribution >= 0.6 is 11.6 Å². The molecule has 7 nitrogen and oxygen atoms in total. The second-order valence-corrected chi connectivity index (χ2v) is 5.84. The van der Waals surface area contributed by atoms with E-state index in [0.717, 1.165) is 5.69 Å². The third kappa shape index (κ3) is 3.91. The van der Waals surface area contributed by atoms with E-state index in [2.05, 4.69) is 15.2 Å². The van der Waals surface area contributed by atoms with Crippen LogP contribution < -0.4 is 4.90 Å². The van der Waals surface area contributed by atoms with Crippen LogP contribution in [0.5, 0.6) is 0 Å². The van der Waals surface area contributed by atoms with Gasteiger partial charge in [-0.15, -0.1) is 0 Å². The number of carbonyl (C=O) groups excluding carboxylic acids is 1. The third-order valence-electron chi connectivity index (χ3n) is 3.63. The summed E-state index contributed by atoms with van der Waals surface area (Å²) in [5.74, 6) is -0.438. The molecule has 1 N–H and O–H groups in total. The highest BCUT2D eigenvalue weighted by Crippen LogP contribution is 2.27. The summed E-state index contributed by atoms with van der Waals surface area (Å²) in [4.78, 5) is 18.3. The van der Waals surface area contributed by atoms with Crippen molar-refractivity contribution in [2.45, 2.75) is 27.2 Å². The van der Waals surface area contributed by atoms with Crippen LogP contribution in [0.15, 0.2) is 35.9 Å². The van der Waals surface area contributed by atoms with E-state index in [9.17, 15) is 4.79 Å². The van der Waals surface area contributed by atoms with Gasteiger partial charge in [-0.2, -0.15) is 5.10 Å². The van der Waals surface area contributed by atoms with Crippen LogP contribution in [0.4, 0.5) is 5.69 Å². The van der Waals surface area contributed by atoms with E-state index >= 15 is 0 Å². The molecule has 0 saturated heterocycles. The van der Waals surface area contributed by atoms with Crippen LogP contribution in [0.25, 0.3) is 5.69 Å². The zero-order chi connectivity index (χ0) is 17.7. The zero-order valence-corrected chi connectivity index (χ0v) is 14.6. The Balaban J connectivity index is 2.28. The summed E-state index contributed by atoms with van der Waals surface area (Å²) >= 11 is 6.24. The number of pyridine rings is 1. The topological polar surface area (TPSA) is 83.6 Å². The summed E-state index contributed by atoms with van der Waals surface area (Å²) in [5, 5.41) is 16.4.